The Labute approximate surface area is 103 Å². The molecule has 0 saturated carbocycles. The fraction of sp³-hybridized carbons (Fsp3) is 0.500. The Morgan fingerprint density at radius 1 is 1.24 bits per heavy atom. The van der Waals surface area contributed by atoms with Crippen LogP contribution in [0.3, 0.4) is 0 Å². The van der Waals surface area contributed by atoms with Gasteiger partial charge in [0.2, 0.25) is 0 Å². The Morgan fingerprint density at radius 3 is 2.41 bits per heavy atom. The lowest BCUT2D eigenvalue weighted by atomic mass is 9.97. The van der Waals surface area contributed by atoms with E-state index < -0.39 is 10.2 Å². The first-order chi connectivity index (χ1) is 7.93. The minimum atomic E-state index is -3.33. The van der Waals surface area contributed by atoms with Crippen LogP contribution in [0.4, 0.5) is 0 Å². The van der Waals surface area contributed by atoms with Gasteiger partial charge in [-0.05, 0) is 24.5 Å². The molecule has 1 aromatic carbocycles. The zero-order chi connectivity index (χ0) is 12.6. The zero-order valence-electron chi connectivity index (χ0n) is 10.4. The molecule has 0 aromatic heterocycles. The number of hydrogen-bond donors (Lipinski definition) is 0. The highest BCUT2D eigenvalue weighted by atomic mass is 32.2. The van der Waals surface area contributed by atoms with E-state index in [1.807, 2.05) is 25.1 Å². The van der Waals surface area contributed by atoms with Gasteiger partial charge in [-0.1, -0.05) is 24.3 Å². The highest BCUT2D eigenvalue weighted by Crippen LogP contribution is 2.25. The van der Waals surface area contributed by atoms with Crippen molar-refractivity contribution in [3.05, 3.63) is 35.4 Å². The van der Waals surface area contributed by atoms with Gasteiger partial charge in [0.15, 0.2) is 0 Å². The second kappa shape index (κ2) is 4.40. The lowest BCUT2D eigenvalue weighted by Gasteiger charge is -2.35. The zero-order valence-corrected chi connectivity index (χ0v) is 11.2. The molecule has 0 N–H and O–H groups in total. The minimum Gasteiger partial charge on any atom is -0.195 e. The third-order valence-electron chi connectivity index (χ3n) is 3.21. The summed E-state index contributed by atoms with van der Waals surface area (Å²) in [5, 5.41) is 0. The van der Waals surface area contributed by atoms with Gasteiger partial charge in [-0.25, -0.2) is 0 Å². The number of benzene rings is 1. The molecule has 1 heterocycles. The molecule has 1 aliphatic heterocycles. The van der Waals surface area contributed by atoms with Crippen molar-refractivity contribution in [3.8, 4) is 0 Å². The molecule has 94 valence electrons. The Kier molecular flexibility index (Phi) is 3.25. The quantitative estimate of drug-likeness (QED) is 0.796. The first kappa shape index (κ1) is 12.5. The average molecular weight is 254 g/mol. The molecule has 0 amide bonds. The van der Waals surface area contributed by atoms with E-state index in [0.717, 1.165) is 12.0 Å². The van der Waals surface area contributed by atoms with Gasteiger partial charge in [-0.15, -0.1) is 0 Å². The van der Waals surface area contributed by atoms with Crippen molar-refractivity contribution in [3.63, 3.8) is 0 Å². The highest BCUT2D eigenvalue weighted by Gasteiger charge is 2.33. The molecular weight excluding hydrogens is 236 g/mol. The molecular formula is C12H18N2O2S. The van der Waals surface area contributed by atoms with Crippen molar-refractivity contribution >= 4 is 10.2 Å². The fourth-order valence-corrected chi connectivity index (χ4v) is 3.42. The molecule has 4 nitrogen and oxygen atoms in total. The molecule has 1 unspecified atom stereocenters. The third kappa shape index (κ3) is 2.22. The topological polar surface area (TPSA) is 40.6 Å². The molecule has 0 fully saturated rings. The van der Waals surface area contributed by atoms with Crippen LogP contribution < -0.4 is 0 Å². The van der Waals surface area contributed by atoms with E-state index in [4.69, 9.17) is 0 Å². The van der Waals surface area contributed by atoms with E-state index in [1.54, 1.807) is 18.4 Å². The Morgan fingerprint density at radius 2 is 1.82 bits per heavy atom. The van der Waals surface area contributed by atoms with Crippen molar-refractivity contribution in [2.75, 3.05) is 14.1 Å². The van der Waals surface area contributed by atoms with E-state index >= 15 is 0 Å². The van der Waals surface area contributed by atoms with Gasteiger partial charge in [-0.2, -0.15) is 17.0 Å². The minimum absolute atomic E-state index is 0.0114. The van der Waals surface area contributed by atoms with Gasteiger partial charge in [0.1, 0.15) is 0 Å². The van der Waals surface area contributed by atoms with Crippen molar-refractivity contribution in [1.29, 1.82) is 0 Å². The van der Waals surface area contributed by atoms with Crippen LogP contribution in [-0.4, -0.2) is 37.2 Å². The largest absolute Gasteiger partial charge is 0.282 e. The van der Waals surface area contributed by atoms with E-state index in [1.165, 1.54) is 9.87 Å². The molecule has 0 radical (unpaired) electrons. The monoisotopic (exact) mass is 254 g/mol. The third-order valence-corrected chi connectivity index (χ3v) is 5.21. The van der Waals surface area contributed by atoms with Crippen molar-refractivity contribution in [2.24, 2.45) is 0 Å². The Bertz CT molecular complexity index is 511. The number of nitrogens with zero attached hydrogens (tertiary/aromatic N) is 2. The molecule has 5 heteroatoms. The van der Waals surface area contributed by atoms with Crippen LogP contribution >= 0.6 is 0 Å². The maximum Gasteiger partial charge on any atom is 0.282 e. The normalized spacial score (nSPS) is 21.5. The van der Waals surface area contributed by atoms with Gasteiger partial charge >= 0.3 is 0 Å². The van der Waals surface area contributed by atoms with Gasteiger partial charge < -0.3 is 0 Å². The van der Waals surface area contributed by atoms with Crippen LogP contribution in [0.2, 0.25) is 0 Å². The molecule has 1 atom stereocenters. The lowest BCUT2D eigenvalue weighted by molar-refractivity contribution is 0.290. The summed E-state index contributed by atoms with van der Waals surface area (Å²) in [7, 11) is -0.181. The molecule has 2 rings (SSSR count). The number of fused-ring (bicyclic) bond motifs is 1. The first-order valence-corrected chi connectivity index (χ1v) is 7.08. The maximum atomic E-state index is 12.2. The molecule has 0 spiro atoms. The Hall–Kier alpha value is -0.910. The summed E-state index contributed by atoms with van der Waals surface area (Å²) in [6.45, 7) is 2.43. The van der Waals surface area contributed by atoms with Gasteiger partial charge in [0, 0.05) is 26.7 Å². The number of rotatable bonds is 2. The lowest BCUT2D eigenvalue weighted by Crippen LogP contribution is -2.47. The molecule has 0 aliphatic carbocycles. The van der Waals surface area contributed by atoms with E-state index in [0.29, 0.717) is 6.54 Å². The molecule has 0 saturated heterocycles. The standard InChI is InChI=1S/C12H18N2O2S/c1-10-8-11-6-4-5-7-12(11)9-14(10)17(15,16)13(2)3/h4-7,10H,8-9H2,1-3H3. The predicted octanol–water partition coefficient (Wildman–Crippen LogP) is 1.24. The van der Waals surface area contributed by atoms with Gasteiger partial charge in [0.05, 0.1) is 0 Å². The molecule has 1 aliphatic rings. The second-order valence-corrected chi connectivity index (χ2v) is 6.75. The summed E-state index contributed by atoms with van der Waals surface area (Å²) in [4.78, 5) is 0. The van der Waals surface area contributed by atoms with Gasteiger partial charge in [0.25, 0.3) is 10.2 Å². The van der Waals surface area contributed by atoms with Crippen LogP contribution in [0.15, 0.2) is 24.3 Å². The SMILES string of the molecule is CC1Cc2ccccc2CN1S(=O)(=O)N(C)C. The fourth-order valence-electron chi connectivity index (χ4n) is 2.17. The van der Waals surface area contributed by atoms with Crippen LogP contribution in [0, 0.1) is 0 Å². The summed E-state index contributed by atoms with van der Waals surface area (Å²) in [5.41, 5.74) is 2.36. The average Bonchev–Trinajstić information content (AvgIpc) is 2.27. The van der Waals surface area contributed by atoms with Crippen LogP contribution in [0.25, 0.3) is 0 Å². The van der Waals surface area contributed by atoms with E-state index in [2.05, 4.69) is 6.07 Å². The summed E-state index contributed by atoms with van der Waals surface area (Å²) < 4.78 is 27.2. The van der Waals surface area contributed by atoms with Crippen LogP contribution in [0.1, 0.15) is 18.1 Å². The second-order valence-electron chi connectivity index (χ2n) is 4.66. The van der Waals surface area contributed by atoms with Crippen molar-refractivity contribution < 1.29 is 8.42 Å². The van der Waals surface area contributed by atoms with Crippen LogP contribution in [0.5, 0.6) is 0 Å². The highest BCUT2D eigenvalue weighted by molar-refractivity contribution is 7.86. The first-order valence-electron chi connectivity index (χ1n) is 5.69. The molecule has 0 bridgehead atoms. The molecule has 1 aromatic rings. The summed E-state index contributed by atoms with van der Waals surface area (Å²) in [5.74, 6) is 0. The smallest absolute Gasteiger partial charge is 0.195 e. The van der Waals surface area contributed by atoms with Crippen molar-refractivity contribution in [2.45, 2.75) is 25.9 Å². The molecule has 17 heavy (non-hydrogen) atoms. The number of hydrogen-bond acceptors (Lipinski definition) is 2. The van der Waals surface area contributed by atoms with E-state index in [-0.39, 0.29) is 6.04 Å². The predicted molar refractivity (Wildman–Crippen MR) is 67.8 cm³/mol. The van der Waals surface area contributed by atoms with Crippen LogP contribution in [-0.2, 0) is 23.2 Å². The van der Waals surface area contributed by atoms with Crippen molar-refractivity contribution in [1.82, 2.24) is 8.61 Å². The summed E-state index contributed by atoms with van der Waals surface area (Å²) in [6, 6.07) is 8.04. The van der Waals surface area contributed by atoms with E-state index in [9.17, 15) is 8.42 Å². The maximum absolute atomic E-state index is 12.2. The summed E-state index contributed by atoms with van der Waals surface area (Å²) >= 11 is 0. The van der Waals surface area contributed by atoms with Gasteiger partial charge in [-0.3, -0.25) is 0 Å². The Balaban J connectivity index is 2.36. The summed E-state index contributed by atoms with van der Waals surface area (Å²) in [6.07, 6.45) is 0.781.